The van der Waals surface area contributed by atoms with Gasteiger partial charge in [-0.2, -0.15) is 0 Å². The summed E-state index contributed by atoms with van der Waals surface area (Å²) >= 11 is 0. The van der Waals surface area contributed by atoms with Gasteiger partial charge in [0.15, 0.2) is 0 Å². The molecule has 0 spiro atoms. The van der Waals surface area contributed by atoms with Crippen LogP contribution in [-0.4, -0.2) is 37.7 Å². The van der Waals surface area contributed by atoms with Crippen molar-refractivity contribution < 1.29 is 4.74 Å². The molecule has 0 atom stereocenters. The number of hydrogen-bond acceptors (Lipinski definition) is 3. The first-order valence-electron chi connectivity index (χ1n) is 7.44. The lowest BCUT2D eigenvalue weighted by atomic mass is 10.2. The summed E-state index contributed by atoms with van der Waals surface area (Å²) in [6.07, 6.45) is 1.05. The largest absolute Gasteiger partial charge is 0.494 e. The minimum atomic E-state index is 0.791. The molecule has 1 aromatic rings. The summed E-state index contributed by atoms with van der Waals surface area (Å²) in [5, 5.41) is 3.49. The molecule has 0 unspecified atom stereocenters. The van der Waals surface area contributed by atoms with Gasteiger partial charge in [-0.25, -0.2) is 0 Å². The first-order chi connectivity index (χ1) is 9.30. The Kier molecular flexibility index (Phi) is 8.26. The normalized spacial score (nSPS) is 10.9. The number of nitrogens with zero attached hydrogens (tertiary/aromatic N) is 1. The number of nitrogens with one attached hydrogen (secondary N) is 1. The number of likely N-dealkylation sites (N-methyl/N-ethyl adjacent to an activating group) is 1. The van der Waals surface area contributed by atoms with E-state index in [-0.39, 0.29) is 0 Å². The van der Waals surface area contributed by atoms with Gasteiger partial charge in [0.05, 0.1) is 6.61 Å². The fourth-order valence-corrected chi connectivity index (χ4v) is 1.97. The minimum Gasteiger partial charge on any atom is -0.494 e. The smallest absolute Gasteiger partial charge is 0.119 e. The summed E-state index contributed by atoms with van der Waals surface area (Å²) in [7, 11) is 0. The van der Waals surface area contributed by atoms with Gasteiger partial charge in [0.1, 0.15) is 5.75 Å². The Labute approximate surface area is 118 Å². The van der Waals surface area contributed by atoms with Crippen LogP contribution < -0.4 is 10.1 Å². The second-order valence-corrected chi connectivity index (χ2v) is 4.70. The predicted molar refractivity (Wildman–Crippen MR) is 81.7 cm³/mol. The predicted octanol–water partition coefficient (Wildman–Crippen LogP) is 2.91. The molecule has 19 heavy (non-hydrogen) atoms. The molecule has 0 aliphatic carbocycles. The van der Waals surface area contributed by atoms with Crippen LogP contribution in [0.15, 0.2) is 24.3 Å². The molecular weight excluding hydrogens is 236 g/mol. The van der Waals surface area contributed by atoms with E-state index in [9.17, 15) is 0 Å². The summed E-state index contributed by atoms with van der Waals surface area (Å²) in [5.41, 5.74) is 1.29. The van der Waals surface area contributed by atoms with E-state index in [2.05, 4.69) is 49.2 Å². The molecule has 108 valence electrons. The van der Waals surface area contributed by atoms with Crippen LogP contribution in [0, 0.1) is 0 Å². The topological polar surface area (TPSA) is 24.5 Å². The van der Waals surface area contributed by atoms with Crippen molar-refractivity contribution >= 4 is 0 Å². The standard InChI is InChI=1S/C16H28N2O/c1-4-12-19-16-9-7-8-15(13-16)14-17-10-11-18(5-2)6-3/h7-9,13,17H,4-6,10-12,14H2,1-3H3. The quantitative estimate of drug-likeness (QED) is 0.658. The van der Waals surface area contributed by atoms with Crippen molar-refractivity contribution in [1.29, 1.82) is 0 Å². The van der Waals surface area contributed by atoms with Crippen LogP contribution in [0.4, 0.5) is 0 Å². The summed E-state index contributed by atoms with van der Waals surface area (Å²) in [6.45, 7) is 12.6. The molecule has 3 nitrogen and oxygen atoms in total. The second kappa shape index (κ2) is 9.82. The molecule has 1 aromatic carbocycles. The van der Waals surface area contributed by atoms with Crippen molar-refractivity contribution in [1.82, 2.24) is 10.2 Å². The maximum Gasteiger partial charge on any atom is 0.119 e. The van der Waals surface area contributed by atoms with E-state index in [0.717, 1.165) is 51.5 Å². The van der Waals surface area contributed by atoms with Crippen molar-refractivity contribution in [3.05, 3.63) is 29.8 Å². The summed E-state index contributed by atoms with van der Waals surface area (Å²) in [6, 6.07) is 8.35. The molecule has 0 aliphatic rings. The fraction of sp³-hybridized carbons (Fsp3) is 0.625. The van der Waals surface area contributed by atoms with Crippen molar-refractivity contribution in [2.45, 2.75) is 33.7 Å². The van der Waals surface area contributed by atoms with Crippen LogP contribution in [0.5, 0.6) is 5.75 Å². The molecule has 1 N–H and O–H groups in total. The Hall–Kier alpha value is -1.06. The van der Waals surface area contributed by atoms with Gasteiger partial charge < -0.3 is 15.0 Å². The lowest BCUT2D eigenvalue weighted by molar-refractivity contribution is 0.302. The fourth-order valence-electron chi connectivity index (χ4n) is 1.97. The van der Waals surface area contributed by atoms with Gasteiger partial charge in [-0.05, 0) is 37.2 Å². The van der Waals surface area contributed by atoms with E-state index in [1.807, 2.05) is 6.07 Å². The van der Waals surface area contributed by atoms with Crippen molar-refractivity contribution in [2.75, 3.05) is 32.8 Å². The van der Waals surface area contributed by atoms with E-state index in [0.29, 0.717) is 0 Å². The maximum atomic E-state index is 5.64. The van der Waals surface area contributed by atoms with Gasteiger partial charge in [-0.15, -0.1) is 0 Å². The number of benzene rings is 1. The molecule has 1 rings (SSSR count). The molecule has 0 aliphatic heterocycles. The minimum absolute atomic E-state index is 0.791. The first-order valence-corrected chi connectivity index (χ1v) is 7.44. The number of ether oxygens (including phenoxy) is 1. The third-order valence-corrected chi connectivity index (χ3v) is 3.20. The molecule has 0 saturated heterocycles. The summed E-state index contributed by atoms with van der Waals surface area (Å²) in [4.78, 5) is 2.42. The number of hydrogen-bond donors (Lipinski definition) is 1. The first kappa shape index (κ1) is 16.0. The van der Waals surface area contributed by atoms with Crippen LogP contribution in [0.25, 0.3) is 0 Å². The zero-order valence-corrected chi connectivity index (χ0v) is 12.6. The van der Waals surface area contributed by atoms with Gasteiger partial charge in [0.25, 0.3) is 0 Å². The molecule has 3 heteroatoms. The zero-order valence-electron chi connectivity index (χ0n) is 12.6. The highest BCUT2D eigenvalue weighted by atomic mass is 16.5. The molecule has 0 heterocycles. The zero-order chi connectivity index (χ0) is 13.9. The van der Waals surface area contributed by atoms with E-state index >= 15 is 0 Å². The van der Waals surface area contributed by atoms with Crippen molar-refractivity contribution in [2.24, 2.45) is 0 Å². The van der Waals surface area contributed by atoms with E-state index in [4.69, 9.17) is 4.74 Å². The maximum absolute atomic E-state index is 5.64. The van der Waals surface area contributed by atoms with Crippen LogP contribution in [-0.2, 0) is 6.54 Å². The number of rotatable bonds is 10. The monoisotopic (exact) mass is 264 g/mol. The van der Waals surface area contributed by atoms with Gasteiger partial charge in [-0.3, -0.25) is 0 Å². The SMILES string of the molecule is CCCOc1cccc(CNCCN(CC)CC)c1. The molecule has 0 saturated carbocycles. The molecule has 0 fully saturated rings. The lowest BCUT2D eigenvalue weighted by Crippen LogP contribution is -2.31. The van der Waals surface area contributed by atoms with E-state index in [1.165, 1.54) is 5.56 Å². The Morgan fingerprint density at radius 2 is 1.95 bits per heavy atom. The third-order valence-electron chi connectivity index (χ3n) is 3.20. The second-order valence-electron chi connectivity index (χ2n) is 4.70. The summed E-state index contributed by atoms with van der Waals surface area (Å²) in [5.74, 6) is 0.977. The van der Waals surface area contributed by atoms with Gasteiger partial charge in [0.2, 0.25) is 0 Å². The van der Waals surface area contributed by atoms with Crippen LogP contribution in [0.3, 0.4) is 0 Å². The molecule has 0 amide bonds. The van der Waals surface area contributed by atoms with Crippen molar-refractivity contribution in [3.8, 4) is 5.75 Å². The lowest BCUT2D eigenvalue weighted by Gasteiger charge is -2.18. The molecule has 0 aromatic heterocycles. The Balaban J connectivity index is 2.28. The summed E-state index contributed by atoms with van der Waals surface area (Å²) < 4.78 is 5.64. The van der Waals surface area contributed by atoms with Crippen molar-refractivity contribution in [3.63, 3.8) is 0 Å². The Bertz CT molecular complexity index is 337. The van der Waals surface area contributed by atoms with Crippen LogP contribution in [0.1, 0.15) is 32.8 Å². The highest BCUT2D eigenvalue weighted by Gasteiger charge is 1.99. The molecule has 0 bridgehead atoms. The third kappa shape index (κ3) is 6.60. The molecule has 0 radical (unpaired) electrons. The van der Waals surface area contributed by atoms with Gasteiger partial charge in [-0.1, -0.05) is 32.9 Å². The van der Waals surface area contributed by atoms with Gasteiger partial charge in [0, 0.05) is 19.6 Å². The highest BCUT2D eigenvalue weighted by Crippen LogP contribution is 2.13. The van der Waals surface area contributed by atoms with Crippen LogP contribution in [0.2, 0.25) is 0 Å². The van der Waals surface area contributed by atoms with E-state index < -0.39 is 0 Å². The van der Waals surface area contributed by atoms with Crippen LogP contribution >= 0.6 is 0 Å². The Morgan fingerprint density at radius 1 is 1.16 bits per heavy atom. The molecular formula is C16H28N2O. The average Bonchev–Trinajstić information content (AvgIpc) is 2.46. The Morgan fingerprint density at radius 3 is 2.63 bits per heavy atom. The van der Waals surface area contributed by atoms with Gasteiger partial charge >= 0.3 is 0 Å². The average molecular weight is 264 g/mol. The highest BCUT2D eigenvalue weighted by molar-refractivity contribution is 5.28. The van der Waals surface area contributed by atoms with E-state index in [1.54, 1.807) is 0 Å².